The number of ether oxygens (including phenoxy) is 3. The number of anilines is 2. The number of pyridine rings is 1. The minimum atomic E-state index is -1.08. The molecule has 2 aromatic rings. The fourth-order valence-electron chi connectivity index (χ4n) is 6.57. The average molecular weight is 696 g/mol. The SMILES string of the molecule is COCOc1ccc2c(c1)CN(C(=O)OC(C)(C)C)[C@H]([C@H](O)CNC(=O)c1cc(NC3CCN(C(C)=O)CC3)nc(N3CCN(C)CC3)c1)C2. The first-order valence-corrected chi connectivity index (χ1v) is 17.5. The van der Waals surface area contributed by atoms with Crippen LogP contribution in [0.1, 0.15) is 62.0 Å². The normalized spacial score (nSPS) is 19.4. The van der Waals surface area contributed by atoms with Crippen LogP contribution < -0.4 is 20.3 Å². The van der Waals surface area contributed by atoms with E-state index in [9.17, 15) is 19.5 Å². The van der Waals surface area contributed by atoms with Crippen molar-refractivity contribution in [1.82, 2.24) is 25.0 Å². The molecular formula is C36H53N7O7. The first-order chi connectivity index (χ1) is 23.8. The third kappa shape index (κ3) is 9.76. The number of piperazine rings is 1. The van der Waals surface area contributed by atoms with Crippen molar-refractivity contribution in [2.75, 3.05) is 77.0 Å². The highest BCUT2D eigenvalue weighted by Crippen LogP contribution is 2.30. The minimum absolute atomic E-state index is 0.0770. The molecule has 50 heavy (non-hydrogen) atoms. The first-order valence-electron chi connectivity index (χ1n) is 17.5. The quantitative estimate of drug-likeness (QED) is 0.315. The molecule has 2 atom stereocenters. The molecule has 4 heterocycles. The van der Waals surface area contributed by atoms with E-state index in [1.165, 1.54) is 4.90 Å². The molecule has 0 radical (unpaired) electrons. The number of aliphatic hydroxyl groups excluding tert-OH is 1. The molecule has 1 aromatic heterocycles. The summed E-state index contributed by atoms with van der Waals surface area (Å²) in [5, 5.41) is 18.0. The van der Waals surface area contributed by atoms with Crippen LogP contribution in [-0.4, -0.2) is 133 Å². The Morgan fingerprint density at radius 3 is 2.40 bits per heavy atom. The van der Waals surface area contributed by atoms with Crippen molar-refractivity contribution >= 4 is 29.5 Å². The maximum absolute atomic E-state index is 13.7. The van der Waals surface area contributed by atoms with Gasteiger partial charge in [-0.1, -0.05) is 6.07 Å². The number of aliphatic hydroxyl groups is 1. The summed E-state index contributed by atoms with van der Waals surface area (Å²) in [5.41, 5.74) is 1.55. The molecule has 14 nitrogen and oxygen atoms in total. The number of nitrogens with zero attached hydrogens (tertiary/aromatic N) is 5. The highest BCUT2D eigenvalue weighted by molar-refractivity contribution is 5.95. The van der Waals surface area contributed by atoms with Gasteiger partial charge in [-0.2, -0.15) is 0 Å². The number of benzene rings is 1. The Kier molecular flexibility index (Phi) is 12.1. The zero-order chi connectivity index (χ0) is 36.0. The van der Waals surface area contributed by atoms with E-state index in [4.69, 9.17) is 19.2 Å². The van der Waals surface area contributed by atoms with Crippen molar-refractivity contribution in [3.63, 3.8) is 0 Å². The maximum Gasteiger partial charge on any atom is 0.410 e. The van der Waals surface area contributed by atoms with Crippen LogP contribution in [0.25, 0.3) is 0 Å². The second-order valence-electron chi connectivity index (χ2n) is 14.5. The molecule has 0 unspecified atom stereocenters. The highest BCUT2D eigenvalue weighted by Gasteiger charge is 2.37. The fourth-order valence-corrected chi connectivity index (χ4v) is 6.57. The summed E-state index contributed by atoms with van der Waals surface area (Å²) < 4.78 is 16.4. The van der Waals surface area contributed by atoms with Gasteiger partial charge in [0.05, 0.1) is 12.1 Å². The van der Waals surface area contributed by atoms with Crippen molar-refractivity contribution in [1.29, 1.82) is 0 Å². The summed E-state index contributed by atoms with van der Waals surface area (Å²) in [5.74, 6) is 1.65. The molecule has 1 aromatic carbocycles. The summed E-state index contributed by atoms with van der Waals surface area (Å²) in [7, 11) is 3.64. The molecule has 0 bridgehead atoms. The Hall–Kier alpha value is -4.14. The van der Waals surface area contributed by atoms with Crippen molar-refractivity contribution in [3.8, 4) is 5.75 Å². The molecule has 5 rings (SSSR count). The van der Waals surface area contributed by atoms with Gasteiger partial charge in [-0.05, 0) is 82.5 Å². The number of carbonyl (C=O) groups is 3. The average Bonchev–Trinajstić information content (AvgIpc) is 3.08. The molecule has 3 amide bonds. The zero-order valence-corrected chi connectivity index (χ0v) is 30.2. The Morgan fingerprint density at radius 1 is 1.02 bits per heavy atom. The number of likely N-dealkylation sites (tertiary alicyclic amines) is 1. The number of hydrogen-bond donors (Lipinski definition) is 3. The van der Waals surface area contributed by atoms with Gasteiger partial charge in [0.1, 0.15) is 23.0 Å². The van der Waals surface area contributed by atoms with Gasteiger partial charge in [-0.3, -0.25) is 14.5 Å². The molecule has 0 aliphatic carbocycles. The van der Waals surface area contributed by atoms with E-state index in [1.807, 2.05) is 23.1 Å². The van der Waals surface area contributed by atoms with Crippen LogP contribution in [0.4, 0.5) is 16.4 Å². The number of carbonyl (C=O) groups excluding carboxylic acids is 3. The van der Waals surface area contributed by atoms with Gasteiger partial charge in [-0.25, -0.2) is 9.78 Å². The Balaban J connectivity index is 1.31. The van der Waals surface area contributed by atoms with Gasteiger partial charge >= 0.3 is 6.09 Å². The van der Waals surface area contributed by atoms with Gasteiger partial charge in [0.2, 0.25) is 5.91 Å². The summed E-state index contributed by atoms with van der Waals surface area (Å²) >= 11 is 0. The number of piperidine rings is 1. The van der Waals surface area contributed by atoms with E-state index in [0.717, 1.165) is 50.1 Å². The zero-order valence-electron chi connectivity index (χ0n) is 30.2. The third-order valence-electron chi connectivity index (χ3n) is 9.43. The molecule has 2 saturated heterocycles. The fraction of sp³-hybridized carbons (Fsp3) is 0.611. The Bertz CT molecular complexity index is 1500. The Labute approximate surface area is 295 Å². The lowest BCUT2D eigenvalue weighted by Gasteiger charge is -2.40. The number of methoxy groups -OCH3 is 1. The van der Waals surface area contributed by atoms with E-state index in [0.29, 0.717) is 42.5 Å². The van der Waals surface area contributed by atoms with Crippen LogP contribution in [0.2, 0.25) is 0 Å². The first kappa shape index (κ1) is 37.1. The summed E-state index contributed by atoms with van der Waals surface area (Å²) in [6, 6.07) is 8.66. The molecular weight excluding hydrogens is 642 g/mol. The third-order valence-corrected chi connectivity index (χ3v) is 9.43. The molecule has 14 heteroatoms. The predicted octanol–water partition coefficient (Wildman–Crippen LogP) is 2.69. The highest BCUT2D eigenvalue weighted by atomic mass is 16.7. The van der Waals surface area contributed by atoms with E-state index >= 15 is 0 Å². The lowest BCUT2D eigenvalue weighted by atomic mass is 9.91. The molecule has 3 aliphatic heterocycles. The molecule has 0 spiro atoms. The van der Waals surface area contributed by atoms with Crippen LogP contribution >= 0.6 is 0 Å². The lowest BCUT2D eigenvalue weighted by molar-refractivity contribution is -0.129. The number of likely N-dealkylation sites (N-methyl/N-ethyl adjacent to an activating group) is 1. The second kappa shape index (κ2) is 16.3. The number of hydrogen-bond acceptors (Lipinski definition) is 11. The van der Waals surface area contributed by atoms with Crippen molar-refractivity contribution in [2.45, 2.75) is 77.3 Å². The molecule has 2 fully saturated rings. The van der Waals surface area contributed by atoms with Gasteiger partial charge in [0.25, 0.3) is 5.91 Å². The van der Waals surface area contributed by atoms with E-state index in [1.54, 1.807) is 46.9 Å². The van der Waals surface area contributed by atoms with Crippen LogP contribution in [0, 0.1) is 0 Å². The van der Waals surface area contributed by atoms with Gasteiger partial charge in [-0.15, -0.1) is 0 Å². The van der Waals surface area contributed by atoms with Crippen molar-refractivity contribution in [2.24, 2.45) is 0 Å². The smallest absolute Gasteiger partial charge is 0.410 e. The lowest BCUT2D eigenvalue weighted by Crippen LogP contribution is -2.54. The Morgan fingerprint density at radius 2 is 1.74 bits per heavy atom. The molecule has 274 valence electrons. The topological polar surface area (TPSA) is 149 Å². The molecule has 3 aliphatic rings. The van der Waals surface area contributed by atoms with E-state index in [-0.39, 0.29) is 37.7 Å². The van der Waals surface area contributed by atoms with Crippen LogP contribution in [0.15, 0.2) is 30.3 Å². The van der Waals surface area contributed by atoms with E-state index in [2.05, 4.69) is 27.5 Å². The number of rotatable bonds is 10. The van der Waals surface area contributed by atoms with Gasteiger partial charge in [0.15, 0.2) is 6.79 Å². The predicted molar refractivity (Wildman–Crippen MR) is 189 cm³/mol. The number of amides is 3. The van der Waals surface area contributed by atoms with Crippen LogP contribution in [0.3, 0.4) is 0 Å². The summed E-state index contributed by atoms with van der Waals surface area (Å²) in [6.07, 6.45) is 0.321. The van der Waals surface area contributed by atoms with Gasteiger partial charge in [0, 0.05) is 78.0 Å². The number of aromatic nitrogens is 1. The number of fused-ring (bicyclic) bond motifs is 1. The van der Waals surface area contributed by atoms with Gasteiger partial charge < -0.3 is 44.7 Å². The summed E-state index contributed by atoms with van der Waals surface area (Å²) in [4.78, 5) is 51.7. The van der Waals surface area contributed by atoms with E-state index < -0.39 is 23.8 Å². The largest absolute Gasteiger partial charge is 0.468 e. The second-order valence-corrected chi connectivity index (χ2v) is 14.5. The standard InChI is InChI=1S/C36H53N7O7/c1-24(44)41-11-9-28(10-12-41)38-32-19-26(20-33(39-32)42-15-13-40(5)14-16-42)34(46)37-21-31(45)30-18-25-7-8-29(49-23-48-6)17-27(25)22-43(30)35(47)50-36(2,3)4/h7-8,17,19-20,28,30-31,45H,9-16,18,21-23H2,1-6H3,(H,37,46)(H,38,39)/t30-,31+/m0/s1. The van der Waals surface area contributed by atoms with Crippen molar-refractivity contribution < 1.29 is 33.7 Å². The monoisotopic (exact) mass is 695 g/mol. The maximum atomic E-state index is 13.7. The summed E-state index contributed by atoms with van der Waals surface area (Å²) in [6.45, 7) is 11.9. The number of nitrogens with one attached hydrogen (secondary N) is 2. The minimum Gasteiger partial charge on any atom is -0.468 e. The molecule has 0 saturated carbocycles. The van der Waals surface area contributed by atoms with Crippen molar-refractivity contribution in [3.05, 3.63) is 47.0 Å². The van der Waals surface area contributed by atoms with Crippen LogP contribution in [-0.2, 0) is 27.2 Å². The molecule has 3 N–H and O–H groups in total. The van der Waals surface area contributed by atoms with Crippen LogP contribution in [0.5, 0.6) is 5.75 Å².